The third kappa shape index (κ3) is 4.23. The molecule has 0 amide bonds. The number of aromatic nitrogens is 2. The second kappa shape index (κ2) is 8.19. The first-order chi connectivity index (χ1) is 11.2. The molecule has 0 unspecified atom stereocenters. The topological polar surface area (TPSA) is 69.0 Å². The van der Waals surface area contributed by atoms with E-state index in [-0.39, 0.29) is 0 Å². The van der Waals surface area contributed by atoms with Crippen LogP contribution in [0.15, 0.2) is 46.2 Å². The molecule has 0 saturated carbocycles. The number of aryl methyl sites for hydroxylation is 1. The minimum absolute atomic E-state index is 0.479. The van der Waals surface area contributed by atoms with Crippen LogP contribution in [0.3, 0.4) is 0 Å². The lowest BCUT2D eigenvalue weighted by molar-refractivity contribution is 0.213. The molecule has 0 radical (unpaired) electrons. The van der Waals surface area contributed by atoms with E-state index in [0.29, 0.717) is 28.2 Å². The molecule has 2 rings (SSSR count). The van der Waals surface area contributed by atoms with Crippen LogP contribution in [-0.4, -0.2) is 28.4 Å². The highest BCUT2D eigenvalue weighted by Crippen LogP contribution is 2.28. The first-order valence-electron chi connectivity index (χ1n) is 7.03. The summed E-state index contributed by atoms with van der Waals surface area (Å²) in [5.41, 5.74) is 2.05. The lowest BCUT2D eigenvalue weighted by atomic mass is 10.1. The minimum atomic E-state index is 0.479. The molecule has 0 aliphatic heterocycles. The van der Waals surface area contributed by atoms with Crippen LogP contribution in [0.25, 0.3) is 0 Å². The van der Waals surface area contributed by atoms with Crippen molar-refractivity contribution in [2.24, 2.45) is 10.1 Å². The first kappa shape index (κ1) is 16.8. The number of hydrogen-bond acceptors (Lipinski definition) is 7. The zero-order valence-corrected chi connectivity index (χ0v) is 14.3. The fourth-order valence-electron chi connectivity index (χ4n) is 1.90. The van der Waals surface area contributed by atoms with Crippen molar-refractivity contribution < 1.29 is 9.57 Å². The van der Waals surface area contributed by atoms with Gasteiger partial charge < -0.3 is 9.57 Å². The van der Waals surface area contributed by atoms with Crippen LogP contribution in [-0.2, 0) is 4.84 Å². The van der Waals surface area contributed by atoms with Crippen molar-refractivity contribution in [1.29, 1.82) is 0 Å². The molecule has 0 fully saturated rings. The Morgan fingerprint density at radius 2 is 2.04 bits per heavy atom. The number of allylic oxidation sites excluding steroid dienone is 2. The Labute approximate surface area is 139 Å². The molecule has 2 aromatic rings. The molecule has 0 saturated heterocycles. The summed E-state index contributed by atoms with van der Waals surface area (Å²) in [4.78, 5) is 13.5. The van der Waals surface area contributed by atoms with E-state index >= 15 is 0 Å². The van der Waals surface area contributed by atoms with Crippen molar-refractivity contribution in [3.8, 4) is 10.9 Å². The highest BCUT2D eigenvalue weighted by molar-refractivity contribution is 7.07. The number of oxime groups is 1. The van der Waals surface area contributed by atoms with E-state index in [0.717, 1.165) is 5.56 Å². The molecule has 1 aromatic carbocycles. The fourth-order valence-corrected chi connectivity index (χ4v) is 2.45. The van der Waals surface area contributed by atoms with E-state index in [9.17, 15) is 0 Å². The van der Waals surface area contributed by atoms with Crippen molar-refractivity contribution in [3.05, 3.63) is 47.4 Å². The normalized spacial score (nSPS) is 12.7. The van der Waals surface area contributed by atoms with Gasteiger partial charge in [0.1, 0.15) is 24.4 Å². The SMILES string of the molecule is CC=NC(=C\C)/C(=N/OC)c1ccccc1Oc1nc(C)ns1. The number of ether oxygens (including phenoxy) is 1. The Hall–Kier alpha value is -2.54. The standard InChI is InChI=1S/C16H18N4O2S/c1-5-13(17-6-2)15(19-21-4)12-9-7-8-10-14(12)22-16-18-11(3)20-23-16/h5-10H,1-4H3/b13-5-,17-6?,19-15+. The Morgan fingerprint density at radius 1 is 1.26 bits per heavy atom. The molecular weight excluding hydrogens is 312 g/mol. The van der Waals surface area contributed by atoms with E-state index in [4.69, 9.17) is 9.57 Å². The molecule has 1 aromatic heterocycles. The first-order valence-corrected chi connectivity index (χ1v) is 7.81. The highest BCUT2D eigenvalue weighted by Gasteiger charge is 2.16. The number of rotatable bonds is 6. The molecule has 0 aliphatic carbocycles. The second-order valence-electron chi connectivity index (χ2n) is 4.39. The fraction of sp³-hybridized carbons (Fsp3) is 0.250. The number of aliphatic imine (C=N–C) groups is 1. The third-order valence-corrected chi connectivity index (χ3v) is 3.50. The summed E-state index contributed by atoms with van der Waals surface area (Å²) in [6.07, 6.45) is 3.57. The van der Waals surface area contributed by atoms with Crippen LogP contribution < -0.4 is 4.74 Å². The molecule has 6 nitrogen and oxygen atoms in total. The van der Waals surface area contributed by atoms with Crippen LogP contribution in [0.5, 0.6) is 10.9 Å². The smallest absolute Gasteiger partial charge is 0.298 e. The molecule has 0 atom stereocenters. The van der Waals surface area contributed by atoms with E-state index < -0.39 is 0 Å². The Kier molecular flexibility index (Phi) is 5.99. The zero-order valence-electron chi connectivity index (χ0n) is 13.5. The Bertz CT molecular complexity index is 750. The maximum Gasteiger partial charge on any atom is 0.298 e. The number of hydrogen-bond donors (Lipinski definition) is 0. The number of nitrogens with zero attached hydrogens (tertiary/aromatic N) is 4. The maximum absolute atomic E-state index is 5.86. The molecule has 1 heterocycles. The van der Waals surface area contributed by atoms with E-state index in [2.05, 4.69) is 19.5 Å². The van der Waals surface area contributed by atoms with Crippen LogP contribution >= 0.6 is 11.5 Å². The zero-order chi connectivity index (χ0) is 16.7. The van der Waals surface area contributed by atoms with Gasteiger partial charge in [-0.1, -0.05) is 23.4 Å². The van der Waals surface area contributed by atoms with Gasteiger partial charge in [-0.3, -0.25) is 4.99 Å². The summed E-state index contributed by atoms with van der Waals surface area (Å²) >= 11 is 1.20. The highest BCUT2D eigenvalue weighted by atomic mass is 32.1. The molecule has 0 N–H and O–H groups in total. The number of benzene rings is 1. The predicted molar refractivity (Wildman–Crippen MR) is 92.6 cm³/mol. The summed E-state index contributed by atoms with van der Waals surface area (Å²) < 4.78 is 9.98. The van der Waals surface area contributed by atoms with Gasteiger partial charge in [0.2, 0.25) is 0 Å². The van der Waals surface area contributed by atoms with Crippen molar-refractivity contribution in [1.82, 2.24) is 9.36 Å². The van der Waals surface area contributed by atoms with Crippen molar-refractivity contribution in [2.75, 3.05) is 7.11 Å². The van der Waals surface area contributed by atoms with Crippen LogP contribution in [0.1, 0.15) is 25.2 Å². The molecule has 120 valence electrons. The second-order valence-corrected chi connectivity index (χ2v) is 5.10. The summed E-state index contributed by atoms with van der Waals surface area (Å²) in [5.74, 6) is 1.29. The Balaban J connectivity index is 2.46. The van der Waals surface area contributed by atoms with Gasteiger partial charge in [-0.05, 0) is 32.9 Å². The number of para-hydroxylation sites is 1. The van der Waals surface area contributed by atoms with E-state index in [1.54, 1.807) is 6.21 Å². The van der Waals surface area contributed by atoms with Crippen molar-refractivity contribution in [3.63, 3.8) is 0 Å². The van der Waals surface area contributed by atoms with Gasteiger partial charge in [0.25, 0.3) is 5.19 Å². The molecule has 0 spiro atoms. The monoisotopic (exact) mass is 330 g/mol. The third-order valence-electron chi connectivity index (χ3n) is 2.82. The minimum Gasteiger partial charge on any atom is -0.429 e. The van der Waals surface area contributed by atoms with Gasteiger partial charge in [0, 0.05) is 23.3 Å². The average Bonchev–Trinajstić information content (AvgIpc) is 2.96. The molecule has 0 bridgehead atoms. The van der Waals surface area contributed by atoms with Gasteiger partial charge in [0.15, 0.2) is 0 Å². The van der Waals surface area contributed by atoms with Gasteiger partial charge in [-0.2, -0.15) is 9.36 Å². The van der Waals surface area contributed by atoms with Crippen LogP contribution in [0.4, 0.5) is 0 Å². The van der Waals surface area contributed by atoms with Gasteiger partial charge in [-0.25, -0.2) is 0 Å². The Morgan fingerprint density at radius 3 is 2.65 bits per heavy atom. The largest absolute Gasteiger partial charge is 0.429 e. The summed E-state index contributed by atoms with van der Waals surface area (Å²) in [6.45, 7) is 5.56. The van der Waals surface area contributed by atoms with E-state index in [1.165, 1.54) is 18.6 Å². The van der Waals surface area contributed by atoms with E-state index in [1.807, 2.05) is 51.1 Å². The lowest BCUT2D eigenvalue weighted by Gasteiger charge is -2.11. The van der Waals surface area contributed by atoms with Crippen molar-refractivity contribution >= 4 is 23.5 Å². The maximum atomic E-state index is 5.86. The summed E-state index contributed by atoms with van der Waals surface area (Å²) in [7, 11) is 1.50. The van der Waals surface area contributed by atoms with Gasteiger partial charge in [0.05, 0.1) is 5.70 Å². The molecule has 7 heteroatoms. The summed E-state index contributed by atoms with van der Waals surface area (Å²) in [5, 5.41) is 4.59. The van der Waals surface area contributed by atoms with Crippen LogP contribution in [0, 0.1) is 6.92 Å². The van der Waals surface area contributed by atoms with Crippen molar-refractivity contribution in [2.45, 2.75) is 20.8 Å². The summed E-state index contributed by atoms with van der Waals surface area (Å²) in [6, 6.07) is 7.53. The molecule has 23 heavy (non-hydrogen) atoms. The average molecular weight is 330 g/mol. The predicted octanol–water partition coefficient (Wildman–Crippen LogP) is 3.98. The molecule has 0 aliphatic rings. The molecular formula is C16H18N4O2S. The van der Waals surface area contributed by atoms with Crippen LogP contribution in [0.2, 0.25) is 0 Å². The van der Waals surface area contributed by atoms with Gasteiger partial charge in [-0.15, -0.1) is 0 Å². The van der Waals surface area contributed by atoms with Gasteiger partial charge >= 0.3 is 0 Å². The quantitative estimate of drug-likeness (QED) is 0.593. The lowest BCUT2D eigenvalue weighted by Crippen LogP contribution is -2.06.